The molecule has 0 saturated heterocycles. The molecule has 0 amide bonds. The van der Waals surface area contributed by atoms with Crippen LogP contribution in [0.15, 0.2) is 0 Å². The monoisotopic (exact) mass is 235 g/mol. The minimum Gasteiger partial charge on any atom is -0.316 e. The van der Waals surface area contributed by atoms with Gasteiger partial charge in [-0.05, 0) is 67.1 Å². The second-order valence-corrected chi connectivity index (χ2v) is 8.58. The zero-order valence-corrected chi connectivity index (χ0v) is 11.9. The Morgan fingerprint density at radius 3 is 1.82 bits per heavy atom. The largest absolute Gasteiger partial charge is 0.316 e. The van der Waals surface area contributed by atoms with Crippen LogP contribution in [0.5, 0.6) is 0 Å². The van der Waals surface area contributed by atoms with Gasteiger partial charge in [0.05, 0.1) is 0 Å². The van der Waals surface area contributed by atoms with Crippen LogP contribution >= 0.6 is 0 Å². The molecule has 4 rings (SSSR count). The molecular weight excluding hydrogens is 206 g/mol. The fraction of sp³-hybridized carbons (Fsp3) is 1.00. The molecular formula is C16H29N. The van der Waals surface area contributed by atoms with E-state index in [0.717, 1.165) is 17.8 Å². The quantitative estimate of drug-likeness (QED) is 0.784. The predicted octanol–water partition coefficient (Wildman–Crippen LogP) is 3.84. The molecule has 0 aliphatic heterocycles. The first kappa shape index (κ1) is 12.0. The molecule has 0 radical (unpaired) electrons. The van der Waals surface area contributed by atoms with Crippen molar-refractivity contribution < 1.29 is 0 Å². The van der Waals surface area contributed by atoms with E-state index in [4.69, 9.17) is 0 Å². The summed E-state index contributed by atoms with van der Waals surface area (Å²) in [5.41, 5.74) is 1.14. The van der Waals surface area contributed by atoms with Gasteiger partial charge in [-0.1, -0.05) is 20.8 Å². The van der Waals surface area contributed by atoms with Crippen molar-refractivity contribution in [3.63, 3.8) is 0 Å². The maximum atomic E-state index is 3.78. The lowest BCUT2D eigenvalue weighted by Gasteiger charge is -2.57. The molecule has 0 aromatic carbocycles. The summed E-state index contributed by atoms with van der Waals surface area (Å²) in [6, 6.07) is 0. The normalized spacial score (nSPS) is 44.3. The Morgan fingerprint density at radius 1 is 0.941 bits per heavy atom. The summed E-state index contributed by atoms with van der Waals surface area (Å²) in [7, 11) is 0. The van der Waals surface area contributed by atoms with E-state index in [0.29, 0.717) is 10.8 Å². The fourth-order valence-electron chi connectivity index (χ4n) is 5.21. The topological polar surface area (TPSA) is 12.0 Å². The SMILES string of the molecule is CC(C)(C)CNCC12CC3CC(CC(C3)C1)C2. The first-order chi connectivity index (χ1) is 7.94. The minimum absolute atomic E-state index is 0.433. The van der Waals surface area contributed by atoms with Crippen molar-refractivity contribution in [2.24, 2.45) is 28.6 Å². The van der Waals surface area contributed by atoms with Crippen LogP contribution in [0, 0.1) is 28.6 Å². The molecule has 1 heteroatoms. The van der Waals surface area contributed by atoms with E-state index < -0.39 is 0 Å². The first-order valence-corrected chi connectivity index (χ1v) is 7.65. The van der Waals surface area contributed by atoms with E-state index in [1.807, 2.05) is 0 Å². The van der Waals surface area contributed by atoms with Crippen LogP contribution in [0.4, 0.5) is 0 Å². The highest BCUT2D eigenvalue weighted by atomic mass is 14.9. The zero-order chi connectivity index (χ0) is 12.1. The average molecular weight is 235 g/mol. The third-order valence-corrected chi connectivity index (χ3v) is 5.32. The Morgan fingerprint density at radius 2 is 1.41 bits per heavy atom. The van der Waals surface area contributed by atoms with Crippen molar-refractivity contribution in [1.82, 2.24) is 5.32 Å². The Bertz CT molecular complexity index is 251. The van der Waals surface area contributed by atoms with Crippen molar-refractivity contribution in [3.05, 3.63) is 0 Å². The molecule has 0 aromatic heterocycles. The molecule has 0 aromatic rings. The molecule has 0 atom stereocenters. The zero-order valence-electron chi connectivity index (χ0n) is 11.9. The summed E-state index contributed by atoms with van der Waals surface area (Å²) in [6.45, 7) is 9.47. The van der Waals surface area contributed by atoms with E-state index >= 15 is 0 Å². The van der Waals surface area contributed by atoms with Crippen molar-refractivity contribution >= 4 is 0 Å². The highest BCUT2D eigenvalue weighted by molar-refractivity contribution is 5.02. The molecule has 4 aliphatic carbocycles. The number of nitrogens with one attached hydrogen (secondary N) is 1. The molecule has 1 N–H and O–H groups in total. The van der Waals surface area contributed by atoms with Gasteiger partial charge in [-0.3, -0.25) is 0 Å². The number of rotatable bonds is 3. The Hall–Kier alpha value is -0.0400. The van der Waals surface area contributed by atoms with Crippen LogP contribution in [0.25, 0.3) is 0 Å². The molecule has 0 unspecified atom stereocenters. The predicted molar refractivity (Wildman–Crippen MR) is 72.9 cm³/mol. The first-order valence-electron chi connectivity index (χ1n) is 7.65. The van der Waals surface area contributed by atoms with E-state index in [2.05, 4.69) is 26.1 Å². The number of hydrogen-bond acceptors (Lipinski definition) is 1. The van der Waals surface area contributed by atoms with Crippen LogP contribution in [0.3, 0.4) is 0 Å². The van der Waals surface area contributed by atoms with Gasteiger partial charge in [-0.15, -0.1) is 0 Å². The van der Waals surface area contributed by atoms with E-state index in [1.54, 1.807) is 19.3 Å². The lowest BCUT2D eigenvalue weighted by Crippen LogP contribution is -2.51. The van der Waals surface area contributed by atoms with E-state index in [1.165, 1.54) is 32.4 Å². The molecule has 0 heterocycles. The van der Waals surface area contributed by atoms with Gasteiger partial charge < -0.3 is 5.32 Å². The maximum Gasteiger partial charge on any atom is 0.000834 e. The summed E-state index contributed by atoms with van der Waals surface area (Å²) in [5.74, 6) is 3.29. The second kappa shape index (κ2) is 3.98. The molecule has 4 saturated carbocycles. The summed E-state index contributed by atoms with van der Waals surface area (Å²) in [5, 5.41) is 3.78. The molecule has 17 heavy (non-hydrogen) atoms. The van der Waals surface area contributed by atoms with Gasteiger partial charge >= 0.3 is 0 Å². The van der Waals surface area contributed by atoms with Gasteiger partial charge in [0, 0.05) is 13.1 Å². The molecule has 98 valence electrons. The molecule has 4 bridgehead atoms. The Kier molecular flexibility index (Phi) is 2.81. The molecule has 1 nitrogen and oxygen atoms in total. The van der Waals surface area contributed by atoms with Crippen LogP contribution in [0.2, 0.25) is 0 Å². The Balaban J connectivity index is 1.59. The third-order valence-electron chi connectivity index (χ3n) is 5.32. The van der Waals surface area contributed by atoms with Gasteiger partial charge in [0.15, 0.2) is 0 Å². The average Bonchev–Trinajstić information content (AvgIpc) is 2.11. The number of hydrogen-bond donors (Lipinski definition) is 1. The van der Waals surface area contributed by atoms with Gasteiger partial charge in [0.2, 0.25) is 0 Å². The smallest absolute Gasteiger partial charge is 0.000834 e. The van der Waals surface area contributed by atoms with Crippen LogP contribution < -0.4 is 5.32 Å². The van der Waals surface area contributed by atoms with Crippen molar-refractivity contribution in [2.75, 3.05) is 13.1 Å². The standard InChI is InChI=1S/C16H29N/c1-15(2,3)10-17-11-16-7-12-4-13(8-16)6-14(5-12)9-16/h12-14,17H,4-11H2,1-3H3. The summed E-state index contributed by atoms with van der Waals surface area (Å²) >= 11 is 0. The third kappa shape index (κ3) is 2.54. The van der Waals surface area contributed by atoms with Crippen LogP contribution in [0.1, 0.15) is 59.3 Å². The second-order valence-electron chi connectivity index (χ2n) is 8.58. The van der Waals surface area contributed by atoms with Crippen molar-refractivity contribution in [3.8, 4) is 0 Å². The van der Waals surface area contributed by atoms with Gasteiger partial charge in [0.1, 0.15) is 0 Å². The highest BCUT2D eigenvalue weighted by Crippen LogP contribution is 2.59. The van der Waals surface area contributed by atoms with Crippen molar-refractivity contribution in [1.29, 1.82) is 0 Å². The summed E-state index contributed by atoms with van der Waals surface area (Å²) in [6.07, 6.45) is 9.32. The van der Waals surface area contributed by atoms with Gasteiger partial charge in [-0.25, -0.2) is 0 Å². The lowest BCUT2D eigenvalue weighted by molar-refractivity contribution is -0.0519. The van der Waals surface area contributed by atoms with E-state index in [9.17, 15) is 0 Å². The van der Waals surface area contributed by atoms with Crippen LogP contribution in [-0.2, 0) is 0 Å². The highest BCUT2D eigenvalue weighted by Gasteiger charge is 2.50. The van der Waals surface area contributed by atoms with Crippen LogP contribution in [-0.4, -0.2) is 13.1 Å². The minimum atomic E-state index is 0.433. The fourth-order valence-corrected chi connectivity index (χ4v) is 5.21. The lowest BCUT2D eigenvalue weighted by atomic mass is 9.49. The van der Waals surface area contributed by atoms with Crippen molar-refractivity contribution in [2.45, 2.75) is 59.3 Å². The van der Waals surface area contributed by atoms with Gasteiger partial charge in [0.25, 0.3) is 0 Å². The van der Waals surface area contributed by atoms with E-state index in [-0.39, 0.29) is 0 Å². The molecule has 4 aliphatic rings. The molecule has 0 spiro atoms. The van der Waals surface area contributed by atoms with Gasteiger partial charge in [-0.2, -0.15) is 0 Å². The Labute approximate surface area is 107 Å². The summed E-state index contributed by atoms with van der Waals surface area (Å²) < 4.78 is 0. The summed E-state index contributed by atoms with van der Waals surface area (Å²) in [4.78, 5) is 0. The maximum absolute atomic E-state index is 3.78. The molecule has 4 fully saturated rings.